The van der Waals surface area contributed by atoms with E-state index in [2.05, 4.69) is 5.32 Å². The summed E-state index contributed by atoms with van der Waals surface area (Å²) in [5, 5.41) is 22.6. The number of nitrogens with one attached hydrogen (secondary N) is 1. The molecule has 3 rings (SSSR count). The van der Waals surface area contributed by atoms with E-state index in [0.29, 0.717) is 18.4 Å². The third-order valence-electron chi connectivity index (χ3n) is 6.37. The van der Waals surface area contributed by atoms with Gasteiger partial charge in [-0.3, -0.25) is 4.79 Å². The van der Waals surface area contributed by atoms with Crippen LogP contribution in [0, 0.1) is 23.0 Å². The van der Waals surface area contributed by atoms with E-state index in [-0.39, 0.29) is 35.9 Å². The van der Waals surface area contributed by atoms with Gasteiger partial charge < -0.3 is 20.4 Å². The van der Waals surface area contributed by atoms with E-state index >= 15 is 0 Å². The molecule has 1 heterocycles. The fourth-order valence-electron chi connectivity index (χ4n) is 4.55. The van der Waals surface area contributed by atoms with Gasteiger partial charge in [0.25, 0.3) is 0 Å². The van der Waals surface area contributed by atoms with Gasteiger partial charge >= 0.3 is 6.09 Å². The SMILES string of the molecule is CCCC(C(=O)N1CC(c2cc(F)ccc2F)=C(O)[C@@H]1c1ccccc1)C(C)(C)CNC(=O)O. The van der Waals surface area contributed by atoms with E-state index < -0.39 is 35.1 Å². The lowest BCUT2D eigenvalue weighted by atomic mass is 9.75. The number of hydrogen-bond donors (Lipinski definition) is 3. The van der Waals surface area contributed by atoms with Gasteiger partial charge in [0.05, 0.1) is 6.54 Å². The summed E-state index contributed by atoms with van der Waals surface area (Å²) in [4.78, 5) is 26.5. The van der Waals surface area contributed by atoms with Gasteiger partial charge in [0.15, 0.2) is 0 Å². The van der Waals surface area contributed by atoms with E-state index in [1.807, 2.05) is 20.8 Å². The van der Waals surface area contributed by atoms with Crippen LogP contribution in [-0.4, -0.2) is 40.2 Å². The molecule has 0 bridgehead atoms. The molecule has 0 fully saturated rings. The van der Waals surface area contributed by atoms with E-state index in [1.54, 1.807) is 30.3 Å². The van der Waals surface area contributed by atoms with Crippen molar-refractivity contribution in [3.8, 4) is 0 Å². The maximum Gasteiger partial charge on any atom is 0.404 e. The molecule has 2 atom stereocenters. The Bertz CT molecular complexity index is 1090. The van der Waals surface area contributed by atoms with Crippen LogP contribution in [-0.2, 0) is 4.79 Å². The lowest BCUT2D eigenvalue weighted by Crippen LogP contribution is -2.47. The molecule has 8 heteroatoms. The normalized spacial score (nSPS) is 17.1. The highest BCUT2D eigenvalue weighted by Gasteiger charge is 2.44. The Labute approximate surface area is 197 Å². The number of carbonyl (C=O) groups is 2. The molecule has 0 spiro atoms. The van der Waals surface area contributed by atoms with Crippen molar-refractivity contribution in [2.45, 2.75) is 39.7 Å². The van der Waals surface area contributed by atoms with Crippen LogP contribution in [0.5, 0.6) is 0 Å². The molecular formula is C26H30F2N2O4. The molecule has 0 saturated heterocycles. The molecule has 6 nitrogen and oxygen atoms in total. The number of aliphatic hydroxyl groups is 1. The quantitative estimate of drug-likeness (QED) is 0.471. The van der Waals surface area contributed by atoms with Crippen LogP contribution >= 0.6 is 0 Å². The standard InChI is InChI=1S/C26H30F2N2O4/c1-4-8-20(26(2,3)15-29-25(33)34)24(32)30-14-19(18-13-17(27)11-12-21(18)28)23(31)22(30)16-9-6-5-7-10-16/h5-7,9-13,20,22,29,31H,4,8,14-15H2,1-3H3,(H,33,34)/t20?,22-/m0/s1. The van der Waals surface area contributed by atoms with Gasteiger partial charge in [-0.15, -0.1) is 0 Å². The number of rotatable bonds is 8. The molecule has 34 heavy (non-hydrogen) atoms. The second-order valence-corrected chi connectivity index (χ2v) is 9.26. The Kier molecular flexibility index (Phi) is 7.59. The van der Waals surface area contributed by atoms with Crippen LogP contribution in [0.1, 0.15) is 50.8 Å². The van der Waals surface area contributed by atoms with Gasteiger partial charge in [0.1, 0.15) is 23.4 Å². The van der Waals surface area contributed by atoms with E-state index in [9.17, 15) is 23.5 Å². The molecule has 0 aliphatic carbocycles. The zero-order chi connectivity index (χ0) is 25.0. The molecule has 0 saturated carbocycles. The van der Waals surface area contributed by atoms with Crippen molar-refractivity contribution in [3.63, 3.8) is 0 Å². The summed E-state index contributed by atoms with van der Waals surface area (Å²) >= 11 is 0. The Morgan fingerprint density at radius 3 is 2.47 bits per heavy atom. The van der Waals surface area contributed by atoms with Crippen LogP contribution in [0.25, 0.3) is 5.57 Å². The number of hydrogen-bond acceptors (Lipinski definition) is 3. The van der Waals surface area contributed by atoms with E-state index in [4.69, 9.17) is 5.11 Å². The van der Waals surface area contributed by atoms with Gasteiger partial charge in [0, 0.05) is 23.6 Å². The third kappa shape index (κ3) is 5.21. The first-order valence-electron chi connectivity index (χ1n) is 11.3. The van der Waals surface area contributed by atoms with Crippen LogP contribution in [0.4, 0.5) is 13.6 Å². The average Bonchev–Trinajstić information content (AvgIpc) is 3.14. The highest BCUT2D eigenvalue weighted by atomic mass is 19.1. The highest BCUT2D eigenvalue weighted by Crippen LogP contribution is 2.43. The summed E-state index contributed by atoms with van der Waals surface area (Å²) in [7, 11) is 0. The molecule has 1 aliphatic rings. The summed E-state index contributed by atoms with van der Waals surface area (Å²) in [6.45, 7) is 5.52. The summed E-state index contributed by atoms with van der Waals surface area (Å²) in [5.41, 5.74) is -0.0322. The summed E-state index contributed by atoms with van der Waals surface area (Å²) < 4.78 is 28.5. The first-order valence-corrected chi connectivity index (χ1v) is 11.3. The lowest BCUT2D eigenvalue weighted by molar-refractivity contribution is -0.140. The van der Waals surface area contributed by atoms with Gasteiger partial charge in [-0.2, -0.15) is 0 Å². The summed E-state index contributed by atoms with van der Waals surface area (Å²) in [6, 6.07) is 11.0. The number of benzene rings is 2. The second kappa shape index (κ2) is 10.2. The molecule has 0 aromatic heterocycles. The fraction of sp³-hybridized carbons (Fsp3) is 0.385. The maximum absolute atomic E-state index is 14.6. The average molecular weight is 473 g/mol. The number of carbonyl (C=O) groups excluding carboxylic acids is 1. The second-order valence-electron chi connectivity index (χ2n) is 9.26. The zero-order valence-corrected chi connectivity index (χ0v) is 19.5. The van der Waals surface area contributed by atoms with Crippen LogP contribution < -0.4 is 5.32 Å². The number of halogens is 2. The molecule has 2 amide bonds. The molecular weight excluding hydrogens is 442 g/mol. The smallest absolute Gasteiger partial charge is 0.404 e. The number of nitrogens with zero attached hydrogens (tertiary/aromatic N) is 1. The summed E-state index contributed by atoms with van der Waals surface area (Å²) in [6.07, 6.45) is -0.000755. The van der Waals surface area contributed by atoms with E-state index in [1.165, 1.54) is 4.90 Å². The van der Waals surface area contributed by atoms with Gasteiger partial charge in [-0.1, -0.05) is 57.5 Å². The van der Waals surface area contributed by atoms with Crippen molar-refractivity contribution in [2.24, 2.45) is 11.3 Å². The first-order chi connectivity index (χ1) is 16.1. The van der Waals surface area contributed by atoms with Gasteiger partial charge in [-0.05, 0) is 35.6 Å². The number of aliphatic hydroxyl groups excluding tert-OH is 1. The molecule has 0 radical (unpaired) electrons. The predicted molar refractivity (Wildman–Crippen MR) is 125 cm³/mol. The Morgan fingerprint density at radius 2 is 1.85 bits per heavy atom. The number of amides is 2. The van der Waals surface area contributed by atoms with Crippen molar-refractivity contribution in [3.05, 3.63) is 77.1 Å². The van der Waals surface area contributed by atoms with Crippen molar-refractivity contribution in [1.82, 2.24) is 10.2 Å². The fourth-order valence-corrected chi connectivity index (χ4v) is 4.55. The Hall–Kier alpha value is -3.42. The minimum absolute atomic E-state index is 0.0629. The monoisotopic (exact) mass is 472 g/mol. The van der Waals surface area contributed by atoms with Crippen LogP contribution in [0.3, 0.4) is 0 Å². The molecule has 2 aromatic carbocycles. The minimum Gasteiger partial charge on any atom is -0.509 e. The molecule has 2 aromatic rings. The molecule has 1 unspecified atom stereocenters. The largest absolute Gasteiger partial charge is 0.509 e. The van der Waals surface area contributed by atoms with Crippen LogP contribution in [0.15, 0.2) is 54.3 Å². The lowest BCUT2D eigenvalue weighted by Gasteiger charge is -2.37. The number of carboxylic acid groups (broad SMARTS) is 1. The molecule has 182 valence electrons. The minimum atomic E-state index is -1.18. The van der Waals surface area contributed by atoms with Crippen molar-refractivity contribution in [2.75, 3.05) is 13.1 Å². The molecule has 3 N–H and O–H groups in total. The Balaban J connectivity index is 2.05. The van der Waals surface area contributed by atoms with Crippen molar-refractivity contribution >= 4 is 17.6 Å². The maximum atomic E-state index is 14.6. The highest BCUT2D eigenvalue weighted by molar-refractivity contribution is 5.86. The van der Waals surface area contributed by atoms with Gasteiger partial charge in [-0.25, -0.2) is 13.6 Å². The summed E-state index contributed by atoms with van der Waals surface area (Å²) in [5.74, 6) is -2.41. The van der Waals surface area contributed by atoms with Crippen molar-refractivity contribution in [1.29, 1.82) is 0 Å². The predicted octanol–water partition coefficient (Wildman–Crippen LogP) is 5.53. The Morgan fingerprint density at radius 1 is 1.18 bits per heavy atom. The van der Waals surface area contributed by atoms with Crippen molar-refractivity contribution < 1.29 is 28.6 Å². The molecule has 1 aliphatic heterocycles. The topological polar surface area (TPSA) is 89.9 Å². The third-order valence-corrected chi connectivity index (χ3v) is 6.37. The van der Waals surface area contributed by atoms with E-state index in [0.717, 1.165) is 18.2 Å². The zero-order valence-electron chi connectivity index (χ0n) is 19.5. The van der Waals surface area contributed by atoms with Gasteiger partial charge in [0.2, 0.25) is 5.91 Å². The van der Waals surface area contributed by atoms with Crippen LogP contribution in [0.2, 0.25) is 0 Å². The first kappa shape index (κ1) is 25.2.